The van der Waals surface area contributed by atoms with Crippen LogP contribution in [0.1, 0.15) is 98.3 Å². The SMILES string of the molecule is CC[C@]1(O)CC[C@@]2(C)C(=CC[C@H]3[C@@H]4CC[C@H](C(C)CCC(=O)N5CCN(C(=O)OC)CC5)[C@@]4(C)CC[C@@H]32)C1. The van der Waals surface area contributed by atoms with Gasteiger partial charge in [0.1, 0.15) is 0 Å². The van der Waals surface area contributed by atoms with Crippen LogP contribution in [0.3, 0.4) is 0 Å². The molecule has 0 bridgehead atoms. The number of rotatable bonds is 5. The van der Waals surface area contributed by atoms with Crippen LogP contribution in [0.15, 0.2) is 11.6 Å². The normalized spacial score (nSPS) is 41.5. The third-order valence-electron chi connectivity index (χ3n) is 12.6. The molecule has 5 aliphatic rings. The fourth-order valence-electron chi connectivity index (χ4n) is 9.97. The lowest BCUT2D eigenvalue weighted by Gasteiger charge is -2.59. The highest BCUT2D eigenvalue weighted by molar-refractivity contribution is 5.76. The Kier molecular flexibility index (Phi) is 7.69. The van der Waals surface area contributed by atoms with Crippen molar-refractivity contribution < 1.29 is 19.4 Å². The van der Waals surface area contributed by atoms with E-state index in [4.69, 9.17) is 4.74 Å². The van der Waals surface area contributed by atoms with Crippen LogP contribution >= 0.6 is 0 Å². The van der Waals surface area contributed by atoms with Crippen LogP contribution in [0.5, 0.6) is 0 Å². The molecular weight excluding hydrogens is 476 g/mol. The van der Waals surface area contributed by atoms with Crippen LogP contribution in [0.25, 0.3) is 0 Å². The molecule has 0 spiro atoms. The van der Waals surface area contributed by atoms with Gasteiger partial charge >= 0.3 is 6.09 Å². The molecule has 3 saturated carbocycles. The number of allylic oxidation sites excluding steroid dienone is 1. The molecule has 1 unspecified atom stereocenters. The predicted molar refractivity (Wildman–Crippen MR) is 149 cm³/mol. The van der Waals surface area contributed by atoms with Gasteiger partial charge in [-0.05, 0) is 105 Å². The van der Waals surface area contributed by atoms with E-state index in [-0.39, 0.29) is 17.4 Å². The number of carbonyl (C=O) groups is 2. The lowest BCUT2D eigenvalue weighted by atomic mass is 9.46. The molecule has 0 aromatic carbocycles. The summed E-state index contributed by atoms with van der Waals surface area (Å²) in [5.74, 6) is 3.83. The van der Waals surface area contributed by atoms with Crippen molar-refractivity contribution in [2.45, 2.75) is 104 Å². The molecule has 0 radical (unpaired) electrons. The summed E-state index contributed by atoms with van der Waals surface area (Å²) in [6, 6.07) is 0. The summed E-state index contributed by atoms with van der Waals surface area (Å²) in [6.07, 6.45) is 14.2. The summed E-state index contributed by atoms with van der Waals surface area (Å²) in [6.45, 7) is 12.0. The van der Waals surface area contributed by atoms with Crippen LogP contribution in [0, 0.1) is 40.4 Å². The summed E-state index contributed by atoms with van der Waals surface area (Å²) in [5, 5.41) is 11.0. The molecule has 1 N–H and O–H groups in total. The van der Waals surface area contributed by atoms with E-state index in [0.29, 0.717) is 49.9 Å². The smallest absolute Gasteiger partial charge is 0.409 e. The third kappa shape index (κ3) is 4.71. The lowest BCUT2D eigenvalue weighted by molar-refractivity contribution is -0.133. The Hall–Kier alpha value is -1.56. The summed E-state index contributed by atoms with van der Waals surface area (Å²) in [5.41, 5.74) is 1.74. The quantitative estimate of drug-likeness (QED) is 0.442. The average molecular weight is 529 g/mol. The molecule has 1 aliphatic heterocycles. The molecule has 5 rings (SSSR count). The van der Waals surface area contributed by atoms with Gasteiger partial charge in [0, 0.05) is 32.6 Å². The van der Waals surface area contributed by atoms with Crippen molar-refractivity contribution in [3.8, 4) is 0 Å². The van der Waals surface area contributed by atoms with E-state index in [1.54, 1.807) is 10.5 Å². The first-order valence-corrected chi connectivity index (χ1v) is 15.6. The number of hydrogen-bond acceptors (Lipinski definition) is 4. The Morgan fingerprint density at radius 1 is 1.05 bits per heavy atom. The topological polar surface area (TPSA) is 70.1 Å². The molecule has 4 aliphatic carbocycles. The number of amides is 2. The van der Waals surface area contributed by atoms with Crippen molar-refractivity contribution in [2.24, 2.45) is 40.4 Å². The van der Waals surface area contributed by atoms with Crippen LogP contribution in [-0.2, 0) is 9.53 Å². The van der Waals surface area contributed by atoms with E-state index in [2.05, 4.69) is 33.8 Å². The number of piperazine rings is 1. The molecule has 4 fully saturated rings. The zero-order chi connectivity index (χ0) is 27.3. The highest BCUT2D eigenvalue weighted by Crippen LogP contribution is 2.67. The first kappa shape index (κ1) is 28.0. The molecule has 6 heteroatoms. The second-order valence-electron chi connectivity index (χ2n) is 14.1. The van der Waals surface area contributed by atoms with E-state index < -0.39 is 5.60 Å². The molecular formula is C32H52N2O4. The van der Waals surface area contributed by atoms with Gasteiger partial charge in [-0.3, -0.25) is 4.79 Å². The van der Waals surface area contributed by atoms with Gasteiger partial charge in [0.15, 0.2) is 0 Å². The minimum Gasteiger partial charge on any atom is -0.453 e. The first-order chi connectivity index (χ1) is 18.0. The predicted octanol–water partition coefficient (Wildman–Crippen LogP) is 6.03. The van der Waals surface area contributed by atoms with E-state index in [9.17, 15) is 14.7 Å². The van der Waals surface area contributed by atoms with Gasteiger partial charge in [0.2, 0.25) is 5.91 Å². The van der Waals surface area contributed by atoms with Gasteiger partial charge in [-0.2, -0.15) is 0 Å². The minimum absolute atomic E-state index is 0.243. The van der Waals surface area contributed by atoms with Gasteiger partial charge in [-0.25, -0.2) is 4.79 Å². The molecule has 0 aromatic rings. The summed E-state index contributed by atoms with van der Waals surface area (Å²) in [7, 11) is 1.41. The van der Waals surface area contributed by atoms with Gasteiger partial charge in [-0.15, -0.1) is 0 Å². The van der Waals surface area contributed by atoms with Gasteiger partial charge < -0.3 is 19.6 Å². The summed E-state index contributed by atoms with van der Waals surface area (Å²) in [4.78, 5) is 28.4. The van der Waals surface area contributed by atoms with Crippen LogP contribution in [0.2, 0.25) is 0 Å². The molecule has 8 atom stereocenters. The van der Waals surface area contributed by atoms with E-state index >= 15 is 0 Å². The highest BCUT2D eigenvalue weighted by Gasteiger charge is 2.59. The summed E-state index contributed by atoms with van der Waals surface area (Å²) >= 11 is 0. The number of hydrogen-bond donors (Lipinski definition) is 1. The van der Waals surface area contributed by atoms with Crippen molar-refractivity contribution >= 4 is 12.0 Å². The largest absolute Gasteiger partial charge is 0.453 e. The number of aliphatic hydroxyl groups is 1. The molecule has 0 aromatic heterocycles. The Balaban J connectivity index is 1.19. The van der Waals surface area contributed by atoms with Crippen molar-refractivity contribution in [1.82, 2.24) is 9.80 Å². The molecule has 6 nitrogen and oxygen atoms in total. The minimum atomic E-state index is -0.485. The van der Waals surface area contributed by atoms with E-state index in [1.807, 2.05) is 4.90 Å². The number of fused-ring (bicyclic) bond motifs is 5. The fourth-order valence-corrected chi connectivity index (χ4v) is 9.97. The second kappa shape index (κ2) is 10.4. The monoisotopic (exact) mass is 528 g/mol. The number of methoxy groups -OCH3 is 1. The van der Waals surface area contributed by atoms with Crippen molar-refractivity contribution in [2.75, 3.05) is 33.3 Å². The molecule has 214 valence electrons. The molecule has 2 amide bonds. The van der Waals surface area contributed by atoms with Crippen LogP contribution in [-0.4, -0.2) is 65.8 Å². The molecule has 38 heavy (non-hydrogen) atoms. The second-order valence-corrected chi connectivity index (χ2v) is 14.1. The zero-order valence-electron chi connectivity index (χ0n) is 24.6. The Morgan fingerprint density at radius 3 is 2.45 bits per heavy atom. The third-order valence-corrected chi connectivity index (χ3v) is 12.6. The number of nitrogens with zero attached hydrogens (tertiary/aromatic N) is 2. The number of ether oxygens (including phenoxy) is 1. The van der Waals surface area contributed by atoms with Crippen LogP contribution in [0.4, 0.5) is 4.79 Å². The van der Waals surface area contributed by atoms with Gasteiger partial charge in [-0.1, -0.05) is 39.3 Å². The number of carbonyl (C=O) groups excluding carboxylic acids is 2. The van der Waals surface area contributed by atoms with Gasteiger partial charge in [0.05, 0.1) is 12.7 Å². The highest BCUT2D eigenvalue weighted by atomic mass is 16.5. The van der Waals surface area contributed by atoms with Crippen molar-refractivity contribution in [3.63, 3.8) is 0 Å². The first-order valence-electron chi connectivity index (χ1n) is 15.6. The van der Waals surface area contributed by atoms with E-state index in [0.717, 1.165) is 49.9 Å². The Bertz CT molecular complexity index is 942. The standard InChI is InChI=1S/C32H52N2O4/c1-6-32(37)16-15-30(3)23(21-32)8-9-24-26-11-10-25(31(26,4)14-13-27(24)30)22(2)7-12-28(35)33-17-19-34(20-18-33)29(36)38-5/h8,22,24-27,37H,6-7,9-21H2,1-5H3/t22?,24-,25+,26-,27-,30-,31+,32-/m0/s1. The Labute approximate surface area is 230 Å². The summed E-state index contributed by atoms with van der Waals surface area (Å²) < 4.78 is 4.82. The van der Waals surface area contributed by atoms with Crippen molar-refractivity contribution in [3.05, 3.63) is 11.6 Å². The maximum absolute atomic E-state index is 13.0. The maximum atomic E-state index is 13.0. The zero-order valence-corrected chi connectivity index (χ0v) is 24.6. The van der Waals surface area contributed by atoms with Crippen molar-refractivity contribution in [1.29, 1.82) is 0 Å². The lowest BCUT2D eigenvalue weighted by Crippen LogP contribution is -2.52. The maximum Gasteiger partial charge on any atom is 0.409 e. The average Bonchev–Trinajstić information content (AvgIpc) is 3.29. The Morgan fingerprint density at radius 2 is 1.76 bits per heavy atom. The molecule has 1 saturated heterocycles. The van der Waals surface area contributed by atoms with Crippen LogP contribution < -0.4 is 0 Å². The molecule has 1 heterocycles. The van der Waals surface area contributed by atoms with Gasteiger partial charge in [0.25, 0.3) is 0 Å². The van der Waals surface area contributed by atoms with E-state index in [1.165, 1.54) is 39.2 Å². The fraction of sp³-hybridized carbons (Fsp3) is 0.875.